The molecule has 3 N–H and O–H groups in total. The number of thioether (sulfide) groups is 1. The van der Waals surface area contributed by atoms with Crippen LogP contribution in [-0.4, -0.2) is 60.7 Å². The van der Waals surface area contributed by atoms with E-state index in [1.165, 1.54) is 36.0 Å². The lowest BCUT2D eigenvalue weighted by atomic mass is 10.2. The van der Waals surface area contributed by atoms with Crippen LogP contribution in [0.25, 0.3) is 10.9 Å². The predicted molar refractivity (Wildman–Crippen MR) is 127 cm³/mol. The molecule has 174 valence electrons. The fourth-order valence-corrected chi connectivity index (χ4v) is 4.88. The highest BCUT2D eigenvalue weighted by Gasteiger charge is 2.20. The second-order valence-electron chi connectivity index (χ2n) is 7.67. The Balaban J connectivity index is 1.50. The number of carbonyl (C=O) groups is 1. The number of primary sulfonamides is 1. The lowest BCUT2D eigenvalue weighted by molar-refractivity contribution is -0.115. The van der Waals surface area contributed by atoms with Gasteiger partial charge >= 0.3 is 0 Å². The third-order valence-corrected chi connectivity index (χ3v) is 7.22. The minimum absolute atomic E-state index is 0.0109. The summed E-state index contributed by atoms with van der Waals surface area (Å²) in [4.78, 5) is 24.5. The number of anilines is 1. The molecule has 1 aliphatic rings. The zero-order valence-corrected chi connectivity index (χ0v) is 19.7. The molecule has 2 heterocycles. The van der Waals surface area contributed by atoms with Gasteiger partial charge in [-0.25, -0.2) is 23.5 Å². The predicted octanol–water partition coefficient (Wildman–Crippen LogP) is 2.23. The Labute approximate surface area is 196 Å². The summed E-state index contributed by atoms with van der Waals surface area (Å²) in [6.07, 6.45) is 0. The van der Waals surface area contributed by atoms with Crippen molar-refractivity contribution in [2.75, 3.05) is 31.6 Å². The molecule has 3 aromatic rings. The molecule has 2 aromatic carbocycles. The number of carbonyl (C=O) groups excluding carboxylic acids is 1. The van der Waals surface area contributed by atoms with E-state index in [9.17, 15) is 13.2 Å². The van der Waals surface area contributed by atoms with E-state index in [-0.39, 0.29) is 10.8 Å². The summed E-state index contributed by atoms with van der Waals surface area (Å²) in [5.74, 6) is 0.491. The molecule has 0 radical (unpaired) electrons. The first-order valence-corrected chi connectivity index (χ1v) is 12.9. The Hall–Kier alpha value is -2.57. The minimum atomic E-state index is -3.78. The van der Waals surface area contributed by atoms with Crippen molar-refractivity contribution in [3.05, 3.63) is 54.4 Å². The summed E-state index contributed by atoms with van der Waals surface area (Å²) in [6, 6.07) is 13.5. The van der Waals surface area contributed by atoms with E-state index in [1.54, 1.807) is 6.92 Å². The number of fused-ring (bicyclic) bond motifs is 1. The fourth-order valence-electron chi connectivity index (χ4n) is 3.41. The molecule has 1 aromatic heterocycles. The molecule has 33 heavy (non-hydrogen) atoms. The number of aromatic nitrogens is 2. The number of morpholine rings is 1. The molecule has 11 heteroatoms. The number of para-hydroxylation sites is 1. The van der Waals surface area contributed by atoms with Gasteiger partial charge < -0.3 is 10.1 Å². The van der Waals surface area contributed by atoms with Gasteiger partial charge in [0, 0.05) is 24.2 Å². The van der Waals surface area contributed by atoms with E-state index in [0.717, 1.165) is 29.0 Å². The molecule has 1 aliphatic heterocycles. The number of rotatable bonds is 7. The molecule has 1 atom stereocenters. The number of benzene rings is 2. The van der Waals surface area contributed by atoms with Crippen molar-refractivity contribution in [1.29, 1.82) is 0 Å². The van der Waals surface area contributed by atoms with Gasteiger partial charge in [0.2, 0.25) is 15.9 Å². The Kier molecular flexibility index (Phi) is 7.25. The maximum atomic E-state index is 12.8. The van der Waals surface area contributed by atoms with Gasteiger partial charge in [0.1, 0.15) is 10.9 Å². The third kappa shape index (κ3) is 6.06. The molecule has 1 amide bonds. The highest BCUT2D eigenvalue weighted by molar-refractivity contribution is 8.00. The summed E-state index contributed by atoms with van der Waals surface area (Å²) < 4.78 is 28.2. The average molecular weight is 488 g/mol. The van der Waals surface area contributed by atoms with Crippen molar-refractivity contribution in [1.82, 2.24) is 14.9 Å². The van der Waals surface area contributed by atoms with Gasteiger partial charge in [-0.1, -0.05) is 30.0 Å². The first-order valence-electron chi connectivity index (χ1n) is 10.5. The number of sulfonamides is 1. The smallest absolute Gasteiger partial charge is 0.238 e. The molecule has 4 rings (SSSR count). The number of nitrogens with one attached hydrogen (secondary N) is 1. The van der Waals surface area contributed by atoms with Gasteiger partial charge in [-0.05, 0) is 37.3 Å². The topological polar surface area (TPSA) is 128 Å². The van der Waals surface area contributed by atoms with E-state index in [1.807, 2.05) is 24.3 Å². The number of amides is 1. The zero-order chi connectivity index (χ0) is 23.4. The van der Waals surface area contributed by atoms with Crippen LogP contribution < -0.4 is 10.5 Å². The number of ether oxygens (including phenoxy) is 1. The highest BCUT2D eigenvalue weighted by atomic mass is 32.2. The lowest BCUT2D eigenvalue weighted by Crippen LogP contribution is -2.36. The fraction of sp³-hybridized carbons (Fsp3) is 0.318. The largest absolute Gasteiger partial charge is 0.379 e. The van der Waals surface area contributed by atoms with Crippen molar-refractivity contribution in [3.8, 4) is 0 Å². The van der Waals surface area contributed by atoms with E-state index >= 15 is 0 Å². The normalized spacial score (nSPS) is 15.9. The second-order valence-corrected chi connectivity index (χ2v) is 10.6. The van der Waals surface area contributed by atoms with Crippen molar-refractivity contribution in [3.63, 3.8) is 0 Å². The van der Waals surface area contributed by atoms with Gasteiger partial charge in [-0.2, -0.15) is 0 Å². The quantitative estimate of drug-likeness (QED) is 0.384. The van der Waals surface area contributed by atoms with E-state index in [0.29, 0.717) is 31.3 Å². The van der Waals surface area contributed by atoms with E-state index < -0.39 is 15.3 Å². The van der Waals surface area contributed by atoms with Crippen molar-refractivity contribution < 1.29 is 17.9 Å². The summed E-state index contributed by atoms with van der Waals surface area (Å²) in [6.45, 7) is 5.49. The molecular formula is C22H25N5O4S2. The Bertz CT molecular complexity index is 1250. The van der Waals surface area contributed by atoms with Gasteiger partial charge in [-0.3, -0.25) is 9.69 Å². The monoisotopic (exact) mass is 487 g/mol. The highest BCUT2D eigenvalue weighted by Crippen LogP contribution is 2.29. The van der Waals surface area contributed by atoms with Gasteiger partial charge in [0.15, 0.2) is 0 Å². The molecule has 0 saturated carbocycles. The van der Waals surface area contributed by atoms with Crippen LogP contribution in [0.5, 0.6) is 0 Å². The van der Waals surface area contributed by atoms with Crippen LogP contribution in [0.2, 0.25) is 0 Å². The van der Waals surface area contributed by atoms with Gasteiger partial charge in [0.25, 0.3) is 0 Å². The number of nitrogens with zero attached hydrogens (tertiary/aromatic N) is 3. The molecule has 0 spiro atoms. The first-order chi connectivity index (χ1) is 15.8. The maximum absolute atomic E-state index is 12.8. The van der Waals surface area contributed by atoms with Crippen LogP contribution >= 0.6 is 11.8 Å². The summed E-state index contributed by atoms with van der Waals surface area (Å²) in [5, 5.41) is 9.12. The molecule has 0 aliphatic carbocycles. The summed E-state index contributed by atoms with van der Waals surface area (Å²) >= 11 is 1.36. The Morgan fingerprint density at radius 3 is 2.55 bits per heavy atom. The Morgan fingerprint density at radius 2 is 1.85 bits per heavy atom. The summed E-state index contributed by atoms with van der Waals surface area (Å²) in [7, 11) is -3.78. The molecule has 1 saturated heterocycles. The van der Waals surface area contributed by atoms with Crippen LogP contribution in [0.1, 0.15) is 12.7 Å². The number of hydrogen-bond acceptors (Lipinski definition) is 8. The minimum Gasteiger partial charge on any atom is -0.379 e. The van der Waals surface area contributed by atoms with Crippen molar-refractivity contribution in [2.24, 2.45) is 5.14 Å². The zero-order valence-electron chi connectivity index (χ0n) is 18.1. The van der Waals surface area contributed by atoms with Crippen LogP contribution in [0.3, 0.4) is 0 Å². The molecule has 0 unspecified atom stereocenters. The van der Waals surface area contributed by atoms with Crippen LogP contribution in [-0.2, 0) is 26.1 Å². The molecule has 9 nitrogen and oxygen atoms in total. The van der Waals surface area contributed by atoms with Crippen LogP contribution in [0, 0.1) is 0 Å². The number of hydrogen-bond donors (Lipinski definition) is 2. The first kappa shape index (κ1) is 23.6. The lowest BCUT2D eigenvalue weighted by Gasteiger charge is -2.26. The van der Waals surface area contributed by atoms with Crippen molar-refractivity contribution >= 4 is 44.3 Å². The van der Waals surface area contributed by atoms with Crippen LogP contribution in [0.4, 0.5) is 5.69 Å². The van der Waals surface area contributed by atoms with Gasteiger partial charge in [0.05, 0.1) is 35.4 Å². The maximum Gasteiger partial charge on any atom is 0.238 e. The van der Waals surface area contributed by atoms with E-state index in [2.05, 4.69) is 10.2 Å². The summed E-state index contributed by atoms with van der Waals surface area (Å²) in [5.41, 5.74) is 1.32. The SMILES string of the molecule is C[C@H](Sc1nc(CN2CCOCC2)nc2ccccc12)C(=O)Nc1ccc(S(N)(=O)=O)cc1. The Morgan fingerprint density at radius 1 is 1.15 bits per heavy atom. The van der Waals surface area contributed by atoms with Crippen LogP contribution in [0.15, 0.2) is 58.5 Å². The van der Waals surface area contributed by atoms with Gasteiger partial charge in [-0.15, -0.1) is 0 Å². The van der Waals surface area contributed by atoms with E-state index in [4.69, 9.17) is 19.8 Å². The average Bonchev–Trinajstić information content (AvgIpc) is 2.79. The molecule has 1 fully saturated rings. The number of nitrogens with two attached hydrogens (primary N) is 1. The third-order valence-electron chi connectivity index (χ3n) is 5.19. The standard InChI is InChI=1S/C22H25N5O4S2/c1-15(21(28)24-16-6-8-17(9-7-16)33(23,29)30)32-22-18-4-2-3-5-19(18)25-20(26-22)14-27-10-12-31-13-11-27/h2-9,15H,10-14H2,1H3,(H,24,28)(H2,23,29,30)/t15-/m0/s1. The molecule has 0 bridgehead atoms. The van der Waals surface area contributed by atoms with Crippen molar-refractivity contribution in [2.45, 2.75) is 28.6 Å². The second kappa shape index (κ2) is 10.1. The molecular weight excluding hydrogens is 462 g/mol.